The Morgan fingerprint density at radius 2 is 2.09 bits per heavy atom. The number of thiophene rings is 1. The number of amides is 2. The summed E-state index contributed by atoms with van der Waals surface area (Å²) in [5.41, 5.74) is 1.45. The highest BCUT2D eigenvalue weighted by atomic mass is 32.1. The van der Waals surface area contributed by atoms with E-state index in [4.69, 9.17) is 0 Å². The Labute approximate surface area is 138 Å². The van der Waals surface area contributed by atoms with Crippen molar-refractivity contribution in [3.8, 4) is 0 Å². The lowest BCUT2D eigenvalue weighted by Crippen LogP contribution is -3.11. The molecule has 0 aromatic carbocycles. The van der Waals surface area contributed by atoms with E-state index in [9.17, 15) is 19.5 Å². The average Bonchev–Trinajstić information content (AvgIpc) is 2.82. The van der Waals surface area contributed by atoms with Crippen LogP contribution in [0.25, 0.3) is 0 Å². The summed E-state index contributed by atoms with van der Waals surface area (Å²) in [6.07, 6.45) is 0.541. The van der Waals surface area contributed by atoms with E-state index < -0.39 is 5.97 Å². The number of anilines is 1. The minimum Gasteiger partial charge on any atom is -0.550 e. The summed E-state index contributed by atoms with van der Waals surface area (Å²) in [7, 11) is 0. The third-order valence-electron chi connectivity index (χ3n) is 3.86. The molecule has 1 aliphatic rings. The SMILES string of the molecule is CC[NH+]1CCc2c(sc(NC(C)=O)c2C(=O)NCCC(=O)[O-])C1. The Hall–Kier alpha value is -1.93. The quantitative estimate of drug-likeness (QED) is 0.589. The number of carbonyl (C=O) groups is 3. The molecule has 1 atom stereocenters. The fraction of sp³-hybridized carbons (Fsp3) is 0.533. The van der Waals surface area contributed by atoms with E-state index in [1.165, 1.54) is 23.2 Å². The maximum absolute atomic E-state index is 12.4. The van der Waals surface area contributed by atoms with Gasteiger partial charge in [0.1, 0.15) is 11.5 Å². The molecule has 0 fully saturated rings. The summed E-state index contributed by atoms with van der Waals surface area (Å²) in [5, 5.41) is 16.3. The molecule has 0 saturated heterocycles. The number of aliphatic carboxylic acids is 1. The highest BCUT2D eigenvalue weighted by Crippen LogP contribution is 2.34. The number of hydrogen-bond acceptors (Lipinski definition) is 5. The molecule has 23 heavy (non-hydrogen) atoms. The van der Waals surface area contributed by atoms with Crippen molar-refractivity contribution < 1.29 is 24.4 Å². The first-order valence-electron chi connectivity index (χ1n) is 7.66. The Morgan fingerprint density at radius 1 is 1.35 bits per heavy atom. The first-order chi connectivity index (χ1) is 10.9. The number of likely N-dealkylation sites (N-methyl/N-ethyl adjacent to an activating group) is 1. The molecule has 0 aliphatic carbocycles. The molecule has 1 aromatic heterocycles. The second kappa shape index (κ2) is 7.56. The molecule has 2 heterocycles. The molecule has 0 saturated carbocycles. The van der Waals surface area contributed by atoms with Gasteiger partial charge in [0.05, 0.1) is 23.5 Å². The van der Waals surface area contributed by atoms with Gasteiger partial charge in [-0.25, -0.2) is 0 Å². The predicted octanol–water partition coefficient (Wildman–Crippen LogP) is -1.46. The fourth-order valence-electron chi connectivity index (χ4n) is 2.69. The van der Waals surface area contributed by atoms with Gasteiger partial charge in [-0.15, -0.1) is 11.3 Å². The van der Waals surface area contributed by atoms with Crippen LogP contribution in [0.4, 0.5) is 5.00 Å². The van der Waals surface area contributed by atoms with Gasteiger partial charge in [-0.3, -0.25) is 9.59 Å². The third kappa shape index (κ3) is 4.29. The lowest BCUT2D eigenvalue weighted by molar-refractivity contribution is -0.913. The van der Waals surface area contributed by atoms with Gasteiger partial charge in [0.15, 0.2) is 0 Å². The predicted molar refractivity (Wildman–Crippen MR) is 84.4 cm³/mol. The van der Waals surface area contributed by atoms with Crippen LogP contribution >= 0.6 is 11.3 Å². The Kier molecular flexibility index (Phi) is 5.73. The van der Waals surface area contributed by atoms with Crippen LogP contribution < -0.4 is 20.6 Å². The van der Waals surface area contributed by atoms with Crippen LogP contribution in [-0.4, -0.2) is 37.4 Å². The molecular weight excluding hydrogens is 318 g/mol. The molecule has 7 nitrogen and oxygen atoms in total. The van der Waals surface area contributed by atoms with Gasteiger partial charge in [0.2, 0.25) is 5.91 Å². The fourth-order valence-corrected chi connectivity index (χ4v) is 4.06. The molecule has 126 valence electrons. The molecule has 0 radical (unpaired) electrons. The molecule has 2 rings (SSSR count). The Morgan fingerprint density at radius 3 is 2.70 bits per heavy atom. The zero-order chi connectivity index (χ0) is 17.0. The Bertz CT molecular complexity index is 626. The van der Waals surface area contributed by atoms with Crippen LogP contribution in [0, 0.1) is 0 Å². The van der Waals surface area contributed by atoms with Gasteiger partial charge in [-0.1, -0.05) is 0 Å². The van der Waals surface area contributed by atoms with Gasteiger partial charge in [-0.05, 0) is 12.5 Å². The summed E-state index contributed by atoms with van der Waals surface area (Å²) in [6, 6.07) is 0. The van der Waals surface area contributed by atoms with Crippen molar-refractivity contribution in [2.24, 2.45) is 0 Å². The summed E-state index contributed by atoms with van der Waals surface area (Å²) in [5.74, 6) is -1.78. The van der Waals surface area contributed by atoms with E-state index >= 15 is 0 Å². The van der Waals surface area contributed by atoms with Gasteiger partial charge in [-0.2, -0.15) is 0 Å². The van der Waals surface area contributed by atoms with Crippen molar-refractivity contribution >= 4 is 34.1 Å². The number of rotatable bonds is 6. The van der Waals surface area contributed by atoms with Crippen LogP contribution in [0.5, 0.6) is 0 Å². The second-order valence-corrected chi connectivity index (χ2v) is 6.65. The molecule has 1 unspecified atom stereocenters. The van der Waals surface area contributed by atoms with E-state index in [-0.39, 0.29) is 24.8 Å². The molecule has 1 aliphatic heterocycles. The first-order valence-corrected chi connectivity index (χ1v) is 8.47. The molecule has 0 spiro atoms. The third-order valence-corrected chi connectivity index (χ3v) is 5.01. The summed E-state index contributed by atoms with van der Waals surface area (Å²) < 4.78 is 0. The van der Waals surface area contributed by atoms with Crippen LogP contribution in [0.1, 0.15) is 41.1 Å². The number of carbonyl (C=O) groups excluding carboxylic acids is 3. The van der Waals surface area contributed by atoms with Crippen molar-refractivity contribution in [1.82, 2.24) is 5.32 Å². The average molecular weight is 339 g/mol. The highest BCUT2D eigenvalue weighted by Gasteiger charge is 2.29. The van der Waals surface area contributed by atoms with Crippen molar-refractivity contribution in [3.05, 3.63) is 16.0 Å². The number of fused-ring (bicyclic) bond motifs is 1. The van der Waals surface area contributed by atoms with E-state index in [1.54, 1.807) is 0 Å². The normalized spacial score (nSPS) is 16.5. The maximum Gasteiger partial charge on any atom is 0.254 e. The monoisotopic (exact) mass is 339 g/mol. The van der Waals surface area contributed by atoms with Crippen molar-refractivity contribution in [2.45, 2.75) is 33.2 Å². The summed E-state index contributed by atoms with van der Waals surface area (Å²) >= 11 is 1.44. The van der Waals surface area contributed by atoms with Crippen LogP contribution in [0.3, 0.4) is 0 Å². The summed E-state index contributed by atoms with van der Waals surface area (Å²) in [6.45, 7) is 6.34. The van der Waals surface area contributed by atoms with Crippen molar-refractivity contribution in [3.63, 3.8) is 0 Å². The van der Waals surface area contributed by atoms with Crippen molar-refractivity contribution in [2.75, 3.05) is 25.0 Å². The van der Waals surface area contributed by atoms with E-state index in [0.29, 0.717) is 10.6 Å². The molecular formula is C15H21N3O4S. The molecule has 1 aromatic rings. The summed E-state index contributed by atoms with van der Waals surface area (Å²) in [4.78, 5) is 36.9. The van der Waals surface area contributed by atoms with Gasteiger partial charge >= 0.3 is 0 Å². The lowest BCUT2D eigenvalue weighted by atomic mass is 10.0. The number of nitrogens with one attached hydrogen (secondary N) is 3. The van der Waals surface area contributed by atoms with E-state index in [1.807, 2.05) is 0 Å². The van der Waals surface area contributed by atoms with Gasteiger partial charge in [0, 0.05) is 32.3 Å². The zero-order valence-electron chi connectivity index (χ0n) is 13.3. The smallest absolute Gasteiger partial charge is 0.254 e. The van der Waals surface area contributed by atoms with E-state index in [0.717, 1.165) is 36.5 Å². The molecule has 2 amide bonds. The number of quaternary nitrogens is 1. The standard InChI is InChI=1S/C15H21N3O4S/c1-3-18-7-5-10-11(8-18)23-15(17-9(2)19)13(10)14(22)16-6-4-12(20)21/h3-8H2,1-2H3,(H,16,22)(H,17,19)(H,20,21). The van der Waals surface area contributed by atoms with Crippen LogP contribution in [0.2, 0.25) is 0 Å². The topological polar surface area (TPSA) is 103 Å². The molecule has 3 N–H and O–H groups in total. The van der Waals surface area contributed by atoms with Crippen molar-refractivity contribution in [1.29, 1.82) is 0 Å². The van der Waals surface area contributed by atoms with Crippen LogP contribution in [-0.2, 0) is 22.6 Å². The van der Waals surface area contributed by atoms with E-state index in [2.05, 4.69) is 17.6 Å². The Balaban J connectivity index is 2.25. The molecule has 8 heteroatoms. The maximum atomic E-state index is 12.4. The van der Waals surface area contributed by atoms with Gasteiger partial charge < -0.3 is 25.4 Å². The largest absolute Gasteiger partial charge is 0.550 e. The minimum atomic E-state index is -1.21. The lowest BCUT2D eigenvalue weighted by Gasteiger charge is -2.22. The minimum absolute atomic E-state index is 0.0115. The second-order valence-electron chi connectivity index (χ2n) is 5.55. The van der Waals surface area contributed by atoms with Gasteiger partial charge in [0.25, 0.3) is 5.91 Å². The highest BCUT2D eigenvalue weighted by molar-refractivity contribution is 7.17. The van der Waals surface area contributed by atoms with Crippen LogP contribution in [0.15, 0.2) is 0 Å². The molecule has 0 bridgehead atoms. The zero-order valence-corrected chi connectivity index (χ0v) is 14.1. The number of hydrogen-bond donors (Lipinski definition) is 3. The number of carboxylic acids is 1. The first kappa shape index (κ1) is 17.4. The number of carboxylic acid groups (broad SMARTS) is 1.